The molecule has 0 saturated carbocycles. The molecule has 0 bridgehead atoms. The quantitative estimate of drug-likeness (QED) is 0.874. The van der Waals surface area contributed by atoms with Crippen LogP contribution in [0.2, 0.25) is 0 Å². The summed E-state index contributed by atoms with van der Waals surface area (Å²) in [6, 6.07) is 2.81. The van der Waals surface area contributed by atoms with E-state index in [2.05, 4.69) is 25.1 Å². The first-order chi connectivity index (χ1) is 11.8. The molecule has 1 aromatic heterocycles. The Morgan fingerprint density at radius 3 is 2.58 bits per heavy atom. The number of piperidine rings is 1. The van der Waals surface area contributed by atoms with Gasteiger partial charge in [0.25, 0.3) is 0 Å². The van der Waals surface area contributed by atoms with E-state index in [1.165, 1.54) is 25.8 Å². The Hall–Kier alpha value is -1.89. The average molecular weight is 330 g/mol. The van der Waals surface area contributed by atoms with Gasteiger partial charge in [0.05, 0.1) is 0 Å². The van der Waals surface area contributed by atoms with Gasteiger partial charge < -0.3 is 15.1 Å². The maximum Gasteiger partial charge on any atom is 0.317 e. The first-order valence-corrected chi connectivity index (χ1v) is 9.13. The number of hydrogen-bond acceptors (Lipinski definition) is 5. The van der Waals surface area contributed by atoms with Crippen molar-refractivity contribution >= 4 is 12.0 Å². The number of urea groups is 1. The molecule has 7 heteroatoms. The van der Waals surface area contributed by atoms with Gasteiger partial charge in [-0.1, -0.05) is 6.42 Å². The van der Waals surface area contributed by atoms with Crippen LogP contribution < -0.4 is 10.2 Å². The smallest absolute Gasteiger partial charge is 0.317 e. The highest BCUT2D eigenvalue weighted by molar-refractivity contribution is 5.75. The second-order valence-electron chi connectivity index (χ2n) is 6.97. The van der Waals surface area contributed by atoms with Crippen LogP contribution in [-0.2, 0) is 0 Å². The molecule has 4 heterocycles. The summed E-state index contributed by atoms with van der Waals surface area (Å²) in [5.41, 5.74) is 0. The number of aromatic nitrogens is 2. The molecule has 2 unspecified atom stereocenters. The largest absolute Gasteiger partial charge is 0.337 e. The zero-order chi connectivity index (χ0) is 16.4. The van der Waals surface area contributed by atoms with Gasteiger partial charge in [-0.2, -0.15) is 0 Å². The number of hydrogen-bond donors (Lipinski definition) is 1. The second kappa shape index (κ2) is 6.93. The minimum atomic E-state index is 0.0982. The maximum atomic E-state index is 12.6. The summed E-state index contributed by atoms with van der Waals surface area (Å²) in [5, 5.41) is 3.30. The number of carbonyl (C=O) groups is 1. The van der Waals surface area contributed by atoms with Crippen molar-refractivity contribution in [2.45, 2.75) is 37.8 Å². The SMILES string of the molecule is O=C(NC1CCN2CCCCC12)N1CCN(c2ncccn2)CC1. The highest BCUT2D eigenvalue weighted by atomic mass is 16.2. The predicted octanol–water partition coefficient (Wildman–Crippen LogP) is 0.935. The molecule has 3 fully saturated rings. The number of nitrogens with one attached hydrogen (secondary N) is 1. The summed E-state index contributed by atoms with van der Waals surface area (Å²) >= 11 is 0. The van der Waals surface area contributed by atoms with Crippen molar-refractivity contribution in [3.63, 3.8) is 0 Å². The van der Waals surface area contributed by atoms with Crippen LogP contribution in [0.15, 0.2) is 18.5 Å². The molecular formula is C17H26N6O. The second-order valence-corrected chi connectivity index (χ2v) is 6.97. The van der Waals surface area contributed by atoms with E-state index in [1.54, 1.807) is 12.4 Å². The molecule has 2 atom stereocenters. The van der Waals surface area contributed by atoms with Crippen LogP contribution in [-0.4, -0.2) is 77.2 Å². The van der Waals surface area contributed by atoms with Crippen molar-refractivity contribution in [1.82, 2.24) is 25.1 Å². The van der Waals surface area contributed by atoms with Crippen LogP contribution in [0.25, 0.3) is 0 Å². The van der Waals surface area contributed by atoms with Crippen molar-refractivity contribution in [3.8, 4) is 0 Å². The van der Waals surface area contributed by atoms with Crippen molar-refractivity contribution in [1.29, 1.82) is 0 Å². The van der Waals surface area contributed by atoms with Crippen LogP contribution in [0.1, 0.15) is 25.7 Å². The normalized spacial score (nSPS) is 27.8. The molecule has 3 saturated heterocycles. The Morgan fingerprint density at radius 1 is 1.00 bits per heavy atom. The molecule has 0 radical (unpaired) electrons. The lowest BCUT2D eigenvalue weighted by atomic mass is 9.99. The first-order valence-electron chi connectivity index (χ1n) is 9.13. The third-order valence-electron chi connectivity index (χ3n) is 5.57. The molecule has 3 aliphatic rings. The molecule has 0 aromatic carbocycles. The summed E-state index contributed by atoms with van der Waals surface area (Å²) in [6.07, 6.45) is 8.44. The third kappa shape index (κ3) is 3.17. The fourth-order valence-electron chi connectivity index (χ4n) is 4.23. The van der Waals surface area contributed by atoms with E-state index >= 15 is 0 Å². The van der Waals surface area contributed by atoms with Crippen molar-refractivity contribution in [2.75, 3.05) is 44.2 Å². The van der Waals surface area contributed by atoms with Crippen LogP contribution >= 0.6 is 0 Å². The summed E-state index contributed by atoms with van der Waals surface area (Å²) < 4.78 is 0. The van der Waals surface area contributed by atoms with E-state index in [4.69, 9.17) is 0 Å². The lowest BCUT2D eigenvalue weighted by Gasteiger charge is -2.37. The molecule has 2 amide bonds. The Bertz CT molecular complexity index is 559. The highest BCUT2D eigenvalue weighted by Gasteiger charge is 2.37. The van der Waals surface area contributed by atoms with Gasteiger partial charge in [-0.25, -0.2) is 14.8 Å². The molecule has 130 valence electrons. The number of carbonyl (C=O) groups excluding carboxylic acids is 1. The third-order valence-corrected chi connectivity index (χ3v) is 5.57. The van der Waals surface area contributed by atoms with Gasteiger partial charge in [-0.3, -0.25) is 4.90 Å². The van der Waals surface area contributed by atoms with E-state index in [9.17, 15) is 4.79 Å². The van der Waals surface area contributed by atoms with E-state index < -0.39 is 0 Å². The van der Waals surface area contributed by atoms with Gasteiger partial charge in [0.2, 0.25) is 5.95 Å². The minimum Gasteiger partial charge on any atom is -0.337 e. The Labute approximate surface area is 143 Å². The summed E-state index contributed by atoms with van der Waals surface area (Å²) in [6.45, 7) is 5.37. The molecule has 4 rings (SSSR count). The number of fused-ring (bicyclic) bond motifs is 1. The molecule has 1 aromatic rings. The van der Waals surface area contributed by atoms with Crippen LogP contribution in [0.4, 0.5) is 10.7 Å². The highest BCUT2D eigenvalue weighted by Crippen LogP contribution is 2.27. The molecule has 0 aliphatic carbocycles. The summed E-state index contributed by atoms with van der Waals surface area (Å²) in [5.74, 6) is 0.756. The Kier molecular flexibility index (Phi) is 4.51. The van der Waals surface area contributed by atoms with Gasteiger partial charge >= 0.3 is 6.03 Å². The van der Waals surface area contributed by atoms with Crippen LogP contribution in [0.3, 0.4) is 0 Å². The number of piperazine rings is 1. The van der Waals surface area contributed by atoms with E-state index in [-0.39, 0.29) is 6.03 Å². The van der Waals surface area contributed by atoms with Gasteiger partial charge in [-0.05, 0) is 31.9 Å². The average Bonchev–Trinajstić information content (AvgIpc) is 3.06. The molecule has 24 heavy (non-hydrogen) atoms. The fraction of sp³-hybridized carbons (Fsp3) is 0.706. The van der Waals surface area contributed by atoms with Gasteiger partial charge in [0.15, 0.2) is 0 Å². The monoisotopic (exact) mass is 330 g/mol. The van der Waals surface area contributed by atoms with E-state index in [0.29, 0.717) is 12.1 Å². The van der Waals surface area contributed by atoms with Crippen molar-refractivity contribution < 1.29 is 4.79 Å². The van der Waals surface area contributed by atoms with Crippen molar-refractivity contribution in [2.24, 2.45) is 0 Å². The lowest BCUT2D eigenvalue weighted by Crippen LogP contribution is -2.55. The van der Waals surface area contributed by atoms with Gasteiger partial charge in [-0.15, -0.1) is 0 Å². The van der Waals surface area contributed by atoms with Crippen LogP contribution in [0.5, 0.6) is 0 Å². The fourth-order valence-corrected chi connectivity index (χ4v) is 4.23. The number of amides is 2. The molecule has 0 spiro atoms. The topological polar surface area (TPSA) is 64.6 Å². The Balaban J connectivity index is 1.29. The van der Waals surface area contributed by atoms with Crippen LogP contribution in [0, 0.1) is 0 Å². The maximum absolute atomic E-state index is 12.6. The van der Waals surface area contributed by atoms with Gasteiger partial charge in [0.1, 0.15) is 0 Å². The molecule has 7 nitrogen and oxygen atoms in total. The standard InChI is InChI=1S/C17H26N6O/c24-17(20-14-5-9-21-8-2-1-4-15(14)21)23-12-10-22(11-13-23)16-18-6-3-7-19-16/h3,6-7,14-15H,1-2,4-5,8-13H2,(H,20,24). The van der Waals surface area contributed by atoms with Gasteiger partial charge in [0, 0.05) is 57.2 Å². The zero-order valence-electron chi connectivity index (χ0n) is 14.1. The van der Waals surface area contributed by atoms with E-state index in [0.717, 1.165) is 45.1 Å². The minimum absolute atomic E-state index is 0.0982. The molecule has 1 N–H and O–H groups in total. The number of rotatable bonds is 2. The lowest BCUT2D eigenvalue weighted by molar-refractivity contribution is 0.165. The van der Waals surface area contributed by atoms with Crippen molar-refractivity contribution in [3.05, 3.63) is 18.5 Å². The zero-order valence-corrected chi connectivity index (χ0v) is 14.1. The first kappa shape index (κ1) is 15.6. The molecular weight excluding hydrogens is 304 g/mol. The molecule has 3 aliphatic heterocycles. The Morgan fingerprint density at radius 2 is 1.79 bits per heavy atom. The van der Waals surface area contributed by atoms with E-state index in [1.807, 2.05) is 11.0 Å². The number of nitrogens with zero attached hydrogens (tertiary/aromatic N) is 5. The predicted molar refractivity (Wildman–Crippen MR) is 92.0 cm³/mol. The summed E-state index contributed by atoms with van der Waals surface area (Å²) in [7, 11) is 0. The number of anilines is 1. The summed E-state index contributed by atoms with van der Waals surface area (Å²) in [4.78, 5) is 27.8.